The number of rotatable bonds is 6. The average Bonchev–Trinajstić information content (AvgIpc) is 3.22. The zero-order valence-corrected chi connectivity index (χ0v) is 19.4. The smallest absolute Gasteiger partial charge is 0.339 e. The van der Waals surface area contributed by atoms with Crippen molar-refractivity contribution in [2.45, 2.75) is 31.7 Å². The third-order valence-electron chi connectivity index (χ3n) is 5.39. The molecule has 0 saturated carbocycles. The summed E-state index contributed by atoms with van der Waals surface area (Å²) in [5.41, 5.74) is 3.11. The molecule has 0 bridgehead atoms. The Morgan fingerprint density at radius 2 is 1.90 bits per heavy atom. The van der Waals surface area contributed by atoms with Gasteiger partial charge in [-0.2, -0.15) is 0 Å². The van der Waals surface area contributed by atoms with E-state index in [1.807, 2.05) is 36.4 Å². The maximum absolute atomic E-state index is 11.7. The molecule has 2 aromatic carbocycles. The van der Waals surface area contributed by atoms with E-state index >= 15 is 0 Å². The molecule has 1 saturated heterocycles. The Kier molecular flexibility index (Phi) is 6.49. The Morgan fingerprint density at radius 1 is 1.10 bits per heavy atom. The van der Waals surface area contributed by atoms with Gasteiger partial charge < -0.3 is 10.0 Å². The highest BCUT2D eigenvalue weighted by atomic mass is 79.9. The van der Waals surface area contributed by atoms with Crippen LogP contribution in [0.3, 0.4) is 0 Å². The Balaban J connectivity index is 1.61. The first kappa shape index (κ1) is 21.0. The van der Waals surface area contributed by atoms with Crippen molar-refractivity contribution in [1.82, 2.24) is 9.97 Å². The van der Waals surface area contributed by atoms with E-state index in [2.05, 4.69) is 53.9 Å². The standard InChI is InChI=1S/C23H21Br2N3O2/c24-17-9-7-16(8-10-17)21-5-2-12-28(21)23-26-14-19(22(29)30)20(27-23)11-6-15-3-1-4-18(25)13-15/h1,3-4,7-10,13-14,21H,2,5-6,11-12H2,(H,29,30)/t21-/m1/s1. The molecule has 7 heteroatoms. The van der Waals surface area contributed by atoms with Gasteiger partial charge in [0.15, 0.2) is 0 Å². The van der Waals surface area contributed by atoms with E-state index in [4.69, 9.17) is 4.98 Å². The van der Waals surface area contributed by atoms with Crippen molar-refractivity contribution in [3.8, 4) is 0 Å². The van der Waals surface area contributed by atoms with Crippen LogP contribution >= 0.6 is 31.9 Å². The number of benzene rings is 2. The van der Waals surface area contributed by atoms with Crippen LogP contribution in [-0.4, -0.2) is 27.6 Å². The second-order valence-electron chi connectivity index (χ2n) is 7.37. The van der Waals surface area contributed by atoms with E-state index in [0.717, 1.165) is 33.9 Å². The van der Waals surface area contributed by atoms with Crippen LogP contribution < -0.4 is 4.90 Å². The van der Waals surface area contributed by atoms with Gasteiger partial charge in [-0.15, -0.1) is 0 Å². The average molecular weight is 531 g/mol. The number of hydrogen-bond donors (Lipinski definition) is 1. The van der Waals surface area contributed by atoms with Gasteiger partial charge in [-0.05, 0) is 61.1 Å². The third kappa shape index (κ3) is 4.73. The highest BCUT2D eigenvalue weighted by Crippen LogP contribution is 2.35. The molecule has 4 rings (SSSR count). The molecule has 0 amide bonds. The molecule has 1 atom stereocenters. The SMILES string of the molecule is O=C(O)c1cnc(N2CCC[C@@H]2c2ccc(Br)cc2)nc1CCc1cccc(Br)c1. The Bertz CT molecular complexity index is 1060. The summed E-state index contributed by atoms with van der Waals surface area (Å²) in [7, 11) is 0. The first-order valence-electron chi connectivity index (χ1n) is 9.87. The number of halogens is 2. The summed E-state index contributed by atoms with van der Waals surface area (Å²) in [6.07, 6.45) is 4.80. The molecule has 154 valence electrons. The van der Waals surface area contributed by atoms with Crippen LogP contribution in [0.15, 0.2) is 63.7 Å². The lowest BCUT2D eigenvalue weighted by atomic mass is 10.0. The zero-order chi connectivity index (χ0) is 21.1. The van der Waals surface area contributed by atoms with Crippen molar-refractivity contribution in [2.75, 3.05) is 11.4 Å². The summed E-state index contributed by atoms with van der Waals surface area (Å²) in [5.74, 6) is -0.383. The van der Waals surface area contributed by atoms with Crippen molar-refractivity contribution in [3.05, 3.63) is 86.1 Å². The van der Waals surface area contributed by atoms with Crippen molar-refractivity contribution in [3.63, 3.8) is 0 Å². The third-order valence-corrected chi connectivity index (χ3v) is 6.41. The molecule has 0 aliphatic carbocycles. The maximum atomic E-state index is 11.7. The van der Waals surface area contributed by atoms with Gasteiger partial charge in [-0.1, -0.05) is 56.1 Å². The van der Waals surface area contributed by atoms with Crippen LogP contribution in [0.2, 0.25) is 0 Å². The minimum Gasteiger partial charge on any atom is -0.478 e. The maximum Gasteiger partial charge on any atom is 0.339 e. The predicted molar refractivity (Wildman–Crippen MR) is 124 cm³/mol. The van der Waals surface area contributed by atoms with Crippen LogP contribution in [0.4, 0.5) is 5.95 Å². The van der Waals surface area contributed by atoms with E-state index < -0.39 is 5.97 Å². The molecule has 2 heterocycles. The van der Waals surface area contributed by atoms with Gasteiger partial charge in [-0.25, -0.2) is 14.8 Å². The van der Waals surface area contributed by atoms with Crippen molar-refractivity contribution >= 4 is 43.8 Å². The zero-order valence-electron chi connectivity index (χ0n) is 16.3. The van der Waals surface area contributed by atoms with Gasteiger partial charge >= 0.3 is 5.97 Å². The Labute approximate surface area is 192 Å². The minimum atomic E-state index is -0.989. The fourth-order valence-corrected chi connectivity index (χ4v) is 4.62. The van der Waals surface area contributed by atoms with Crippen LogP contribution in [-0.2, 0) is 12.8 Å². The molecule has 1 aliphatic heterocycles. The fraction of sp³-hybridized carbons (Fsp3) is 0.261. The summed E-state index contributed by atoms with van der Waals surface area (Å²) >= 11 is 6.98. The molecule has 3 aromatic rings. The molecule has 0 radical (unpaired) electrons. The molecular weight excluding hydrogens is 510 g/mol. The van der Waals surface area contributed by atoms with Gasteiger partial charge in [-0.3, -0.25) is 0 Å². The second kappa shape index (κ2) is 9.27. The number of aromatic carboxylic acids is 1. The quantitative estimate of drug-likeness (QED) is 0.434. The molecule has 1 N–H and O–H groups in total. The van der Waals surface area contributed by atoms with Crippen molar-refractivity contribution in [2.24, 2.45) is 0 Å². The van der Waals surface area contributed by atoms with Crippen LogP contribution in [0.5, 0.6) is 0 Å². The van der Waals surface area contributed by atoms with Crippen LogP contribution in [0.1, 0.15) is 46.1 Å². The number of aryl methyl sites for hydroxylation is 2. The lowest BCUT2D eigenvalue weighted by Crippen LogP contribution is -2.25. The van der Waals surface area contributed by atoms with Crippen molar-refractivity contribution in [1.29, 1.82) is 0 Å². The number of hydrogen-bond acceptors (Lipinski definition) is 4. The molecule has 1 fully saturated rings. The van der Waals surface area contributed by atoms with E-state index in [1.54, 1.807) is 0 Å². The minimum absolute atomic E-state index is 0.174. The summed E-state index contributed by atoms with van der Waals surface area (Å²) < 4.78 is 2.06. The lowest BCUT2D eigenvalue weighted by molar-refractivity contribution is 0.0694. The topological polar surface area (TPSA) is 66.3 Å². The first-order valence-corrected chi connectivity index (χ1v) is 11.5. The second-order valence-corrected chi connectivity index (χ2v) is 9.20. The number of aromatic nitrogens is 2. The number of carboxylic acids is 1. The Hall–Kier alpha value is -2.25. The van der Waals surface area contributed by atoms with E-state index in [0.29, 0.717) is 24.5 Å². The molecular formula is C23H21Br2N3O2. The summed E-state index contributed by atoms with van der Waals surface area (Å²) in [6.45, 7) is 0.859. The predicted octanol–water partition coefficient (Wildman–Crippen LogP) is 5.83. The normalized spacial score (nSPS) is 16.1. The number of anilines is 1. The lowest BCUT2D eigenvalue weighted by Gasteiger charge is -2.25. The van der Waals surface area contributed by atoms with Crippen LogP contribution in [0.25, 0.3) is 0 Å². The molecule has 1 aliphatic rings. The van der Waals surface area contributed by atoms with Crippen molar-refractivity contribution < 1.29 is 9.90 Å². The molecule has 1 aromatic heterocycles. The van der Waals surface area contributed by atoms with Crippen LogP contribution in [0, 0.1) is 0 Å². The molecule has 30 heavy (non-hydrogen) atoms. The fourth-order valence-electron chi connectivity index (χ4n) is 3.91. The first-order chi connectivity index (χ1) is 14.5. The van der Waals surface area contributed by atoms with Gasteiger partial charge in [0, 0.05) is 21.7 Å². The largest absolute Gasteiger partial charge is 0.478 e. The summed E-state index contributed by atoms with van der Waals surface area (Å²) in [5, 5.41) is 9.61. The highest BCUT2D eigenvalue weighted by Gasteiger charge is 2.29. The highest BCUT2D eigenvalue weighted by molar-refractivity contribution is 9.10. The summed E-state index contributed by atoms with van der Waals surface area (Å²) in [6, 6.07) is 16.6. The van der Waals surface area contributed by atoms with E-state index in [-0.39, 0.29) is 11.6 Å². The van der Waals surface area contributed by atoms with Gasteiger partial charge in [0.1, 0.15) is 0 Å². The van der Waals surface area contributed by atoms with Gasteiger partial charge in [0.25, 0.3) is 0 Å². The van der Waals surface area contributed by atoms with Gasteiger partial charge in [0.2, 0.25) is 5.95 Å². The number of carbonyl (C=O) groups is 1. The summed E-state index contributed by atoms with van der Waals surface area (Å²) in [4.78, 5) is 23.1. The molecule has 0 unspecified atom stereocenters. The molecule has 5 nitrogen and oxygen atoms in total. The number of nitrogens with zero attached hydrogens (tertiary/aromatic N) is 3. The Morgan fingerprint density at radius 3 is 2.63 bits per heavy atom. The van der Waals surface area contributed by atoms with E-state index in [9.17, 15) is 9.90 Å². The monoisotopic (exact) mass is 529 g/mol. The van der Waals surface area contributed by atoms with E-state index in [1.165, 1.54) is 11.8 Å². The number of carboxylic acid groups (broad SMARTS) is 1. The van der Waals surface area contributed by atoms with Gasteiger partial charge in [0.05, 0.1) is 17.3 Å². The molecule has 0 spiro atoms.